The second-order valence-electron chi connectivity index (χ2n) is 9.58. The largest absolute Gasteiger partial charge is 0.489 e. The molecule has 6 heteroatoms. The van der Waals surface area contributed by atoms with E-state index in [1.165, 1.54) is 0 Å². The monoisotopic (exact) mass is 375 g/mol. The molecule has 27 heavy (non-hydrogen) atoms. The first-order valence-electron chi connectivity index (χ1n) is 9.77. The summed E-state index contributed by atoms with van der Waals surface area (Å²) in [7, 11) is 0. The van der Waals surface area contributed by atoms with Gasteiger partial charge in [-0.3, -0.25) is 14.7 Å². The number of pyridine rings is 1. The van der Waals surface area contributed by atoms with Crippen LogP contribution >= 0.6 is 0 Å². The predicted molar refractivity (Wildman–Crippen MR) is 104 cm³/mol. The fraction of sp³-hybridized carbons (Fsp3) is 0.714. The van der Waals surface area contributed by atoms with Crippen LogP contribution in [0.5, 0.6) is 5.75 Å². The third kappa shape index (κ3) is 5.20. The van der Waals surface area contributed by atoms with Gasteiger partial charge < -0.3 is 14.8 Å². The molecule has 0 bridgehead atoms. The Morgan fingerprint density at radius 2 is 1.93 bits per heavy atom. The summed E-state index contributed by atoms with van der Waals surface area (Å²) in [6.07, 6.45) is 3.46. The fourth-order valence-electron chi connectivity index (χ4n) is 3.70. The molecule has 1 aromatic heterocycles. The first-order valence-corrected chi connectivity index (χ1v) is 9.77. The molecular formula is C21H33N3O3. The van der Waals surface area contributed by atoms with Crippen LogP contribution in [0, 0.1) is 24.7 Å². The highest BCUT2D eigenvalue weighted by atomic mass is 16.5. The van der Waals surface area contributed by atoms with Crippen LogP contribution < -0.4 is 10.1 Å². The minimum atomic E-state index is -0.425. The summed E-state index contributed by atoms with van der Waals surface area (Å²) in [5.41, 5.74) is 0.493. The lowest BCUT2D eigenvalue weighted by atomic mass is 10.1. The number of aromatic nitrogens is 1. The Kier molecular flexibility index (Phi) is 5.50. The lowest BCUT2D eigenvalue weighted by Gasteiger charge is -2.28. The molecule has 1 aliphatic carbocycles. The molecule has 0 radical (unpaired) electrons. The lowest BCUT2D eigenvalue weighted by Crippen LogP contribution is -2.49. The zero-order chi connectivity index (χ0) is 19.8. The smallest absolute Gasteiger partial charge is 0.224 e. The number of carbonyl (C=O) groups excluding carboxylic acids is 1. The van der Waals surface area contributed by atoms with Crippen molar-refractivity contribution in [2.75, 3.05) is 26.4 Å². The van der Waals surface area contributed by atoms with Crippen LogP contribution in [0.25, 0.3) is 0 Å². The van der Waals surface area contributed by atoms with Crippen molar-refractivity contribution in [2.24, 2.45) is 17.8 Å². The van der Waals surface area contributed by atoms with Crippen molar-refractivity contribution in [1.29, 1.82) is 0 Å². The van der Waals surface area contributed by atoms with Gasteiger partial charge in [0.25, 0.3) is 0 Å². The standard InChI is InChI=1S/C21H33N3O3/c1-14-7-8-22-9-17(14)26-12-21(5,6)23-19(25)18-15-10-24(11-16(15)18)13-27-20(2,3)4/h7-9,15-16,18H,10-13H2,1-6H3,(H,23,25). The first-order chi connectivity index (χ1) is 12.6. The van der Waals surface area contributed by atoms with Gasteiger partial charge in [0.1, 0.15) is 12.4 Å². The van der Waals surface area contributed by atoms with E-state index >= 15 is 0 Å². The number of hydrogen-bond acceptors (Lipinski definition) is 5. The zero-order valence-corrected chi connectivity index (χ0v) is 17.4. The van der Waals surface area contributed by atoms with E-state index in [0.29, 0.717) is 25.2 Å². The van der Waals surface area contributed by atoms with Gasteiger partial charge in [-0.15, -0.1) is 0 Å². The van der Waals surface area contributed by atoms with Crippen LogP contribution in [0.4, 0.5) is 0 Å². The number of aryl methyl sites for hydroxylation is 1. The van der Waals surface area contributed by atoms with E-state index < -0.39 is 5.54 Å². The predicted octanol–water partition coefficient (Wildman–Crippen LogP) is 2.61. The van der Waals surface area contributed by atoms with E-state index in [-0.39, 0.29) is 17.4 Å². The number of rotatable bonds is 7. The number of nitrogens with one attached hydrogen (secondary N) is 1. The van der Waals surface area contributed by atoms with E-state index in [1.54, 1.807) is 12.4 Å². The van der Waals surface area contributed by atoms with Gasteiger partial charge in [-0.05, 0) is 65.0 Å². The average Bonchev–Trinajstić information content (AvgIpc) is 3.07. The Morgan fingerprint density at radius 1 is 1.26 bits per heavy atom. The summed E-state index contributed by atoms with van der Waals surface area (Å²) >= 11 is 0. The molecule has 1 saturated carbocycles. The molecule has 1 amide bonds. The fourth-order valence-corrected chi connectivity index (χ4v) is 3.70. The molecule has 2 heterocycles. The van der Waals surface area contributed by atoms with Crippen LogP contribution in [0.1, 0.15) is 40.2 Å². The summed E-state index contributed by atoms with van der Waals surface area (Å²) < 4.78 is 11.7. The maximum absolute atomic E-state index is 12.7. The number of carbonyl (C=O) groups is 1. The van der Waals surface area contributed by atoms with E-state index in [4.69, 9.17) is 9.47 Å². The van der Waals surface area contributed by atoms with Gasteiger partial charge in [-0.1, -0.05) is 0 Å². The van der Waals surface area contributed by atoms with Gasteiger partial charge >= 0.3 is 0 Å². The van der Waals surface area contributed by atoms with E-state index in [9.17, 15) is 4.79 Å². The molecule has 2 fully saturated rings. The van der Waals surface area contributed by atoms with Crippen molar-refractivity contribution in [3.8, 4) is 5.75 Å². The van der Waals surface area contributed by atoms with Gasteiger partial charge in [0.15, 0.2) is 0 Å². The summed E-state index contributed by atoms with van der Waals surface area (Å²) in [6.45, 7) is 15.1. The number of ether oxygens (including phenoxy) is 2. The minimum Gasteiger partial charge on any atom is -0.489 e. The Bertz CT molecular complexity index is 671. The van der Waals surface area contributed by atoms with Crippen molar-refractivity contribution < 1.29 is 14.3 Å². The van der Waals surface area contributed by atoms with E-state index in [2.05, 4.69) is 36.0 Å². The normalized spacial score (nSPS) is 25.2. The first kappa shape index (κ1) is 20.1. The number of hydrogen-bond donors (Lipinski definition) is 1. The lowest BCUT2D eigenvalue weighted by molar-refractivity contribution is -0.125. The third-order valence-corrected chi connectivity index (χ3v) is 5.29. The van der Waals surface area contributed by atoms with Crippen LogP contribution in [-0.2, 0) is 9.53 Å². The molecule has 6 nitrogen and oxygen atoms in total. The van der Waals surface area contributed by atoms with Crippen LogP contribution in [0.2, 0.25) is 0 Å². The Labute approximate surface area is 162 Å². The molecule has 0 spiro atoms. The molecule has 1 saturated heterocycles. The van der Waals surface area contributed by atoms with Crippen molar-refractivity contribution in [3.63, 3.8) is 0 Å². The average molecular weight is 376 g/mol. The molecular weight excluding hydrogens is 342 g/mol. The highest BCUT2D eigenvalue weighted by Gasteiger charge is 2.59. The minimum absolute atomic E-state index is 0.125. The maximum Gasteiger partial charge on any atom is 0.224 e. The molecule has 1 aromatic rings. The number of amides is 1. The Morgan fingerprint density at radius 3 is 2.52 bits per heavy atom. The SMILES string of the molecule is Cc1ccncc1OCC(C)(C)NC(=O)C1C2CN(COC(C)(C)C)CC21. The second-order valence-corrected chi connectivity index (χ2v) is 9.58. The van der Waals surface area contributed by atoms with Crippen molar-refractivity contribution in [2.45, 2.75) is 52.7 Å². The van der Waals surface area contributed by atoms with Crippen molar-refractivity contribution in [1.82, 2.24) is 15.2 Å². The summed E-state index contributed by atoms with van der Waals surface area (Å²) in [5, 5.41) is 3.17. The Balaban J connectivity index is 1.43. The number of piperidine rings is 1. The number of likely N-dealkylation sites (tertiary alicyclic amines) is 1. The topological polar surface area (TPSA) is 63.7 Å². The summed E-state index contributed by atoms with van der Waals surface area (Å²) in [4.78, 5) is 19.1. The molecule has 150 valence electrons. The molecule has 0 aromatic carbocycles. The van der Waals surface area contributed by atoms with Crippen LogP contribution in [0.3, 0.4) is 0 Å². The van der Waals surface area contributed by atoms with Crippen LogP contribution in [-0.4, -0.2) is 53.4 Å². The molecule has 1 N–H and O–H groups in total. The molecule has 2 unspecified atom stereocenters. The molecule has 1 aliphatic heterocycles. The van der Waals surface area contributed by atoms with Gasteiger partial charge in [-0.2, -0.15) is 0 Å². The highest BCUT2D eigenvalue weighted by molar-refractivity contribution is 5.83. The van der Waals surface area contributed by atoms with E-state index in [0.717, 1.165) is 24.4 Å². The number of nitrogens with zero attached hydrogens (tertiary/aromatic N) is 2. The highest BCUT2D eigenvalue weighted by Crippen LogP contribution is 2.51. The molecule has 3 rings (SSSR count). The molecule has 2 aliphatic rings. The summed E-state index contributed by atoms with van der Waals surface area (Å²) in [5.74, 6) is 1.97. The maximum atomic E-state index is 12.7. The quantitative estimate of drug-likeness (QED) is 0.794. The van der Waals surface area contributed by atoms with Gasteiger partial charge in [0.05, 0.1) is 24.1 Å². The summed E-state index contributed by atoms with van der Waals surface area (Å²) in [6, 6.07) is 1.92. The van der Waals surface area contributed by atoms with Crippen LogP contribution in [0.15, 0.2) is 18.5 Å². The Hall–Kier alpha value is -1.66. The second kappa shape index (κ2) is 7.40. The van der Waals surface area contributed by atoms with Gasteiger partial charge in [-0.25, -0.2) is 0 Å². The van der Waals surface area contributed by atoms with E-state index in [1.807, 2.05) is 26.8 Å². The van der Waals surface area contributed by atoms with Gasteiger partial charge in [0.2, 0.25) is 5.91 Å². The zero-order valence-electron chi connectivity index (χ0n) is 17.4. The molecule has 2 atom stereocenters. The number of fused-ring (bicyclic) bond motifs is 1. The van der Waals surface area contributed by atoms with Crippen molar-refractivity contribution in [3.05, 3.63) is 24.0 Å². The third-order valence-electron chi connectivity index (χ3n) is 5.29. The van der Waals surface area contributed by atoms with Crippen molar-refractivity contribution >= 4 is 5.91 Å². The van der Waals surface area contributed by atoms with Gasteiger partial charge in [0, 0.05) is 25.2 Å².